The minimum Gasteiger partial charge on any atom is -0.281 e. The summed E-state index contributed by atoms with van der Waals surface area (Å²) in [5.41, 5.74) is 0. The normalized spacial score (nSPS) is 16.0. The lowest BCUT2D eigenvalue weighted by atomic mass is 9.91. The third kappa shape index (κ3) is 4.07. The number of hydrogen-bond donors (Lipinski definition) is 3. The van der Waals surface area contributed by atoms with Crippen molar-refractivity contribution in [2.45, 2.75) is 47.0 Å². The molecule has 0 saturated carbocycles. The van der Waals surface area contributed by atoms with Crippen LogP contribution < -0.4 is 11.7 Å². The van der Waals surface area contributed by atoms with Crippen molar-refractivity contribution in [2.24, 2.45) is 11.7 Å². The average molecular weight is 532 g/mol. The van der Waals surface area contributed by atoms with Gasteiger partial charge in [0, 0.05) is 0 Å². The highest BCUT2D eigenvalue weighted by molar-refractivity contribution is 7.87. The average Bonchev–Trinajstić information content (AvgIpc) is 2.53. The SMILES string of the molecule is NN.O=S(=O)(O)C(F)(F)C(F)(F)C(F)(F)C(F)(F)C(F)(F)C(F)(F)C(F)(F)C(F)(F)F. The maximum atomic E-state index is 13.0. The molecule has 31 heavy (non-hydrogen) atoms. The van der Waals surface area contributed by atoms with Gasteiger partial charge in [-0.05, 0) is 0 Å². The minimum absolute atomic E-state index is 4.00. The maximum Gasteiger partial charge on any atom is 0.460 e. The number of alkyl halides is 17. The highest BCUT2D eigenvalue weighted by atomic mass is 32.2. The van der Waals surface area contributed by atoms with Gasteiger partial charge in [0.25, 0.3) is 0 Å². The fourth-order valence-corrected chi connectivity index (χ4v) is 1.76. The van der Waals surface area contributed by atoms with E-state index in [1.54, 1.807) is 0 Å². The van der Waals surface area contributed by atoms with Crippen molar-refractivity contribution >= 4 is 10.1 Å². The van der Waals surface area contributed by atoms with Gasteiger partial charge in [0.05, 0.1) is 0 Å². The molecular weight excluding hydrogens is 527 g/mol. The van der Waals surface area contributed by atoms with Gasteiger partial charge in [0.15, 0.2) is 0 Å². The van der Waals surface area contributed by atoms with Crippen LogP contribution >= 0.6 is 0 Å². The smallest absolute Gasteiger partial charge is 0.281 e. The molecule has 0 spiro atoms. The topological polar surface area (TPSA) is 106 Å². The molecule has 0 heterocycles. The van der Waals surface area contributed by atoms with Crippen molar-refractivity contribution in [3.8, 4) is 0 Å². The monoisotopic (exact) mass is 532 g/mol. The summed E-state index contributed by atoms with van der Waals surface area (Å²) in [6, 6.07) is 0. The zero-order valence-electron chi connectivity index (χ0n) is 13.3. The minimum atomic E-state index is -8.89. The summed E-state index contributed by atoms with van der Waals surface area (Å²) < 4.78 is 242. The van der Waals surface area contributed by atoms with E-state index in [0.717, 1.165) is 0 Å². The summed E-state index contributed by atoms with van der Waals surface area (Å²) in [6.07, 6.45) is -7.88. The summed E-state index contributed by atoms with van der Waals surface area (Å²) in [5.74, 6) is -44.0. The fraction of sp³-hybridized carbons (Fsp3) is 1.00. The molecule has 0 aromatic rings. The molecule has 0 saturated heterocycles. The Morgan fingerprint density at radius 2 is 0.645 bits per heavy atom. The Hall–Kier alpha value is -1.36. The predicted octanol–water partition coefficient (Wildman–Crippen LogP) is 3.66. The first-order valence-electron chi connectivity index (χ1n) is 6.02. The molecule has 0 unspecified atom stereocenters. The van der Waals surface area contributed by atoms with Crippen LogP contribution in [0.2, 0.25) is 0 Å². The lowest BCUT2D eigenvalue weighted by Crippen LogP contribution is -2.74. The van der Waals surface area contributed by atoms with E-state index in [9.17, 15) is 83.1 Å². The van der Waals surface area contributed by atoms with E-state index >= 15 is 0 Å². The van der Waals surface area contributed by atoms with Crippen molar-refractivity contribution in [1.82, 2.24) is 0 Å². The van der Waals surface area contributed by atoms with Gasteiger partial charge in [0.2, 0.25) is 0 Å². The van der Waals surface area contributed by atoms with Gasteiger partial charge in [-0.3, -0.25) is 16.2 Å². The second kappa shape index (κ2) is 7.90. The van der Waals surface area contributed by atoms with E-state index in [2.05, 4.69) is 11.7 Å². The molecule has 0 atom stereocenters. The van der Waals surface area contributed by atoms with Crippen LogP contribution in [-0.2, 0) is 10.1 Å². The molecule has 190 valence electrons. The van der Waals surface area contributed by atoms with E-state index in [4.69, 9.17) is 4.55 Å². The van der Waals surface area contributed by atoms with Crippen LogP contribution in [0.5, 0.6) is 0 Å². The quantitative estimate of drug-likeness (QED) is 0.201. The number of rotatable bonds is 7. The van der Waals surface area contributed by atoms with Crippen molar-refractivity contribution in [3.05, 3.63) is 0 Å². The number of halogens is 17. The first kappa shape index (κ1) is 31.8. The number of nitrogens with two attached hydrogens (primary N) is 2. The molecule has 0 amide bonds. The zero-order chi connectivity index (χ0) is 26.5. The van der Waals surface area contributed by atoms with Crippen LogP contribution in [0.15, 0.2) is 0 Å². The van der Waals surface area contributed by atoms with Gasteiger partial charge in [-0.1, -0.05) is 0 Å². The second-order valence-corrected chi connectivity index (χ2v) is 6.40. The summed E-state index contributed by atoms with van der Waals surface area (Å²) in [7, 11) is -7.89. The molecule has 0 aromatic heterocycles. The van der Waals surface area contributed by atoms with Gasteiger partial charge >= 0.3 is 57.1 Å². The van der Waals surface area contributed by atoms with Crippen LogP contribution in [-0.4, -0.2) is 59.9 Å². The largest absolute Gasteiger partial charge is 0.460 e. The van der Waals surface area contributed by atoms with Crippen LogP contribution in [0.1, 0.15) is 0 Å². The molecular formula is C8H5F17N2O3S. The van der Waals surface area contributed by atoms with Crippen molar-refractivity contribution in [1.29, 1.82) is 0 Å². The predicted molar refractivity (Wildman–Crippen MR) is 60.6 cm³/mol. The standard InChI is InChI=1S/C8HF17O3S.H4N2/c9-1(10,3(13,14)5(17,18)7(21,22)23)2(11,12)4(15,16)6(19,20)8(24,25)29(26,27)28;1-2/h(H,26,27,28);1-2H2. The Kier molecular flexibility index (Phi) is 8.11. The second-order valence-electron chi connectivity index (χ2n) is 4.94. The van der Waals surface area contributed by atoms with Crippen molar-refractivity contribution < 1.29 is 87.6 Å². The number of hydrogen-bond acceptors (Lipinski definition) is 4. The Balaban J connectivity index is 0. The Bertz CT molecular complexity index is 743. The third-order valence-electron chi connectivity index (χ3n) is 3.02. The molecule has 0 bridgehead atoms. The van der Waals surface area contributed by atoms with Crippen LogP contribution in [0.25, 0.3) is 0 Å². The van der Waals surface area contributed by atoms with Crippen LogP contribution in [0.4, 0.5) is 74.6 Å². The Labute approximate surface area is 157 Å². The number of hydrazine groups is 1. The summed E-state index contributed by atoms with van der Waals surface area (Å²) in [4.78, 5) is 0. The summed E-state index contributed by atoms with van der Waals surface area (Å²) in [6.45, 7) is 0. The fourth-order valence-electron chi connectivity index (χ4n) is 1.31. The molecule has 23 heteroatoms. The first-order chi connectivity index (χ1) is 13.0. The van der Waals surface area contributed by atoms with Crippen molar-refractivity contribution in [3.63, 3.8) is 0 Å². The molecule has 0 fully saturated rings. The molecule has 0 aliphatic carbocycles. The third-order valence-corrected chi connectivity index (χ3v) is 3.92. The lowest BCUT2D eigenvalue weighted by molar-refractivity contribution is -0.458. The highest BCUT2D eigenvalue weighted by Gasteiger charge is 2.96. The lowest BCUT2D eigenvalue weighted by Gasteiger charge is -2.42. The molecule has 0 aromatic carbocycles. The van der Waals surface area contributed by atoms with Crippen molar-refractivity contribution in [2.75, 3.05) is 0 Å². The van der Waals surface area contributed by atoms with Gasteiger partial charge in [-0.15, -0.1) is 0 Å². The van der Waals surface area contributed by atoms with Crippen LogP contribution in [0, 0.1) is 0 Å². The van der Waals surface area contributed by atoms with E-state index < -0.39 is 57.1 Å². The van der Waals surface area contributed by atoms with E-state index in [1.165, 1.54) is 0 Å². The zero-order valence-corrected chi connectivity index (χ0v) is 14.1. The van der Waals surface area contributed by atoms with Gasteiger partial charge in [-0.2, -0.15) is 83.1 Å². The first-order valence-corrected chi connectivity index (χ1v) is 7.46. The molecule has 0 aliphatic rings. The van der Waals surface area contributed by atoms with E-state index in [1.807, 2.05) is 0 Å². The molecule has 0 radical (unpaired) electrons. The summed E-state index contributed by atoms with van der Waals surface area (Å²) >= 11 is 0. The molecule has 0 aliphatic heterocycles. The maximum absolute atomic E-state index is 13.0. The highest BCUT2D eigenvalue weighted by Crippen LogP contribution is 2.64. The van der Waals surface area contributed by atoms with E-state index in [-0.39, 0.29) is 0 Å². The molecule has 5 N–H and O–H groups in total. The van der Waals surface area contributed by atoms with Gasteiger partial charge in [0.1, 0.15) is 0 Å². The van der Waals surface area contributed by atoms with Crippen LogP contribution in [0.3, 0.4) is 0 Å². The molecule has 5 nitrogen and oxygen atoms in total. The van der Waals surface area contributed by atoms with E-state index in [0.29, 0.717) is 0 Å². The summed E-state index contributed by atoms with van der Waals surface area (Å²) in [5, 5.41) is -7.84. The van der Waals surface area contributed by atoms with Gasteiger partial charge in [-0.25, -0.2) is 0 Å². The Morgan fingerprint density at radius 1 is 0.452 bits per heavy atom. The Morgan fingerprint density at radius 3 is 0.839 bits per heavy atom. The molecule has 0 rings (SSSR count). The van der Waals surface area contributed by atoms with Gasteiger partial charge < -0.3 is 0 Å².